The molecule has 1 rings (SSSR count). The third-order valence-electron chi connectivity index (χ3n) is 2.29. The van der Waals surface area contributed by atoms with Crippen molar-refractivity contribution in [2.75, 3.05) is 19.5 Å². The molecule has 0 radical (unpaired) electrons. The minimum atomic E-state index is 0.355. The van der Waals surface area contributed by atoms with Gasteiger partial charge in [0.1, 0.15) is 6.33 Å². The van der Waals surface area contributed by atoms with Crippen molar-refractivity contribution >= 4 is 5.69 Å². The zero-order valence-corrected chi connectivity index (χ0v) is 10.1. The van der Waals surface area contributed by atoms with Crippen molar-refractivity contribution in [3.8, 4) is 11.8 Å². The lowest BCUT2D eigenvalue weighted by Crippen LogP contribution is -2.11. The van der Waals surface area contributed by atoms with Crippen molar-refractivity contribution in [2.45, 2.75) is 26.7 Å². The molecule has 0 aliphatic heterocycles. The molecule has 1 heterocycles. The monoisotopic (exact) mass is 225 g/mol. The number of rotatable bonds is 6. The molecular formula is C11H19N3O2. The predicted molar refractivity (Wildman–Crippen MR) is 62.6 cm³/mol. The molecule has 90 valence electrons. The second-order valence-corrected chi connectivity index (χ2v) is 3.81. The summed E-state index contributed by atoms with van der Waals surface area (Å²) >= 11 is 0. The van der Waals surface area contributed by atoms with Crippen LogP contribution in [-0.4, -0.2) is 23.7 Å². The summed E-state index contributed by atoms with van der Waals surface area (Å²) in [5, 5.41) is 0. The minimum absolute atomic E-state index is 0.355. The van der Waals surface area contributed by atoms with E-state index in [0.29, 0.717) is 30.0 Å². The molecule has 0 spiro atoms. The van der Waals surface area contributed by atoms with Crippen LogP contribution in [0, 0.1) is 5.92 Å². The summed E-state index contributed by atoms with van der Waals surface area (Å²) in [6.45, 7) is 4.90. The largest absolute Gasteiger partial charge is 0.479 e. The summed E-state index contributed by atoms with van der Waals surface area (Å²) in [4.78, 5) is 7.86. The maximum absolute atomic E-state index is 5.78. The van der Waals surface area contributed by atoms with Crippen LogP contribution in [0.4, 0.5) is 5.69 Å². The molecule has 2 N–H and O–H groups in total. The third-order valence-corrected chi connectivity index (χ3v) is 2.29. The number of nitrogen functional groups attached to an aromatic ring is 1. The molecule has 0 bridgehead atoms. The van der Waals surface area contributed by atoms with Crippen molar-refractivity contribution in [1.29, 1.82) is 0 Å². The van der Waals surface area contributed by atoms with Crippen molar-refractivity contribution in [3.63, 3.8) is 0 Å². The number of methoxy groups -OCH3 is 1. The SMILES string of the molecule is CCCC(C)COc1ncnc(OC)c1N. The third kappa shape index (κ3) is 3.25. The molecule has 5 heteroatoms. The van der Waals surface area contributed by atoms with Crippen LogP contribution in [0.25, 0.3) is 0 Å². The van der Waals surface area contributed by atoms with Gasteiger partial charge in [-0.05, 0) is 12.3 Å². The lowest BCUT2D eigenvalue weighted by molar-refractivity contribution is 0.242. The van der Waals surface area contributed by atoms with E-state index >= 15 is 0 Å². The van der Waals surface area contributed by atoms with Crippen LogP contribution in [0.1, 0.15) is 26.7 Å². The maximum Gasteiger partial charge on any atom is 0.244 e. The highest BCUT2D eigenvalue weighted by Crippen LogP contribution is 2.26. The first-order valence-corrected chi connectivity index (χ1v) is 5.46. The summed E-state index contributed by atoms with van der Waals surface area (Å²) in [6, 6.07) is 0. The minimum Gasteiger partial charge on any atom is -0.479 e. The lowest BCUT2D eigenvalue weighted by atomic mass is 10.1. The first-order chi connectivity index (χ1) is 7.69. The number of hydrogen-bond donors (Lipinski definition) is 1. The molecule has 16 heavy (non-hydrogen) atoms. The van der Waals surface area contributed by atoms with E-state index in [1.807, 2.05) is 0 Å². The fourth-order valence-corrected chi connectivity index (χ4v) is 1.44. The molecule has 1 aromatic rings. The number of hydrogen-bond acceptors (Lipinski definition) is 5. The molecule has 0 aliphatic rings. The molecule has 1 aromatic heterocycles. The fourth-order valence-electron chi connectivity index (χ4n) is 1.44. The second-order valence-electron chi connectivity index (χ2n) is 3.81. The molecule has 0 aromatic carbocycles. The van der Waals surface area contributed by atoms with Gasteiger partial charge >= 0.3 is 0 Å². The van der Waals surface area contributed by atoms with E-state index in [1.165, 1.54) is 13.4 Å². The van der Waals surface area contributed by atoms with Crippen LogP contribution in [0.15, 0.2) is 6.33 Å². The van der Waals surface area contributed by atoms with E-state index in [1.54, 1.807) is 0 Å². The summed E-state index contributed by atoms with van der Waals surface area (Å²) < 4.78 is 10.5. The highest BCUT2D eigenvalue weighted by molar-refractivity contribution is 5.55. The number of ether oxygens (including phenoxy) is 2. The van der Waals surface area contributed by atoms with Gasteiger partial charge in [-0.3, -0.25) is 0 Å². The van der Waals surface area contributed by atoms with Gasteiger partial charge in [0.25, 0.3) is 0 Å². The molecule has 0 saturated heterocycles. The van der Waals surface area contributed by atoms with Gasteiger partial charge < -0.3 is 15.2 Å². The van der Waals surface area contributed by atoms with Gasteiger partial charge in [-0.25, -0.2) is 0 Å². The quantitative estimate of drug-likeness (QED) is 0.800. The molecule has 1 unspecified atom stereocenters. The first-order valence-electron chi connectivity index (χ1n) is 5.46. The predicted octanol–water partition coefficient (Wildman–Crippen LogP) is 1.88. The number of nitrogens with two attached hydrogens (primary N) is 1. The van der Waals surface area contributed by atoms with Gasteiger partial charge in [0, 0.05) is 0 Å². The van der Waals surface area contributed by atoms with Crippen molar-refractivity contribution in [1.82, 2.24) is 9.97 Å². The molecule has 5 nitrogen and oxygen atoms in total. The van der Waals surface area contributed by atoms with Gasteiger partial charge in [0.15, 0.2) is 5.69 Å². The highest BCUT2D eigenvalue weighted by atomic mass is 16.5. The van der Waals surface area contributed by atoms with E-state index in [2.05, 4.69) is 23.8 Å². The Hall–Kier alpha value is -1.52. The van der Waals surface area contributed by atoms with E-state index in [9.17, 15) is 0 Å². The molecule has 0 amide bonds. The van der Waals surface area contributed by atoms with Crippen molar-refractivity contribution in [3.05, 3.63) is 6.33 Å². The van der Waals surface area contributed by atoms with E-state index in [4.69, 9.17) is 15.2 Å². The van der Waals surface area contributed by atoms with Gasteiger partial charge in [-0.15, -0.1) is 0 Å². The van der Waals surface area contributed by atoms with E-state index in [-0.39, 0.29) is 0 Å². The molecule has 1 atom stereocenters. The Labute approximate surface area is 96.0 Å². The van der Waals surface area contributed by atoms with Gasteiger partial charge in [0.2, 0.25) is 11.8 Å². The average molecular weight is 225 g/mol. The second kappa shape index (κ2) is 6.15. The Bertz CT molecular complexity index is 331. The van der Waals surface area contributed by atoms with Crippen LogP contribution in [0.5, 0.6) is 11.8 Å². The Balaban J connectivity index is 2.60. The van der Waals surface area contributed by atoms with Crippen LogP contribution < -0.4 is 15.2 Å². The zero-order valence-electron chi connectivity index (χ0n) is 10.1. The first kappa shape index (κ1) is 12.5. The Morgan fingerprint density at radius 3 is 2.69 bits per heavy atom. The highest BCUT2D eigenvalue weighted by Gasteiger charge is 2.10. The van der Waals surface area contributed by atoms with Crippen molar-refractivity contribution < 1.29 is 9.47 Å². The Morgan fingerprint density at radius 2 is 2.06 bits per heavy atom. The van der Waals surface area contributed by atoms with Crippen LogP contribution in [0.3, 0.4) is 0 Å². The van der Waals surface area contributed by atoms with E-state index < -0.39 is 0 Å². The molecule has 0 fully saturated rings. The van der Waals surface area contributed by atoms with Crippen LogP contribution >= 0.6 is 0 Å². The Kier molecular flexibility index (Phi) is 4.82. The summed E-state index contributed by atoms with van der Waals surface area (Å²) in [7, 11) is 1.52. The smallest absolute Gasteiger partial charge is 0.244 e. The number of aromatic nitrogens is 2. The lowest BCUT2D eigenvalue weighted by Gasteiger charge is -2.13. The molecule has 0 saturated carbocycles. The molecular weight excluding hydrogens is 206 g/mol. The van der Waals surface area contributed by atoms with Crippen LogP contribution in [-0.2, 0) is 0 Å². The normalized spacial score (nSPS) is 12.2. The number of nitrogens with zero attached hydrogens (tertiary/aromatic N) is 2. The van der Waals surface area contributed by atoms with Crippen LogP contribution in [0.2, 0.25) is 0 Å². The maximum atomic E-state index is 5.78. The molecule has 0 aliphatic carbocycles. The topological polar surface area (TPSA) is 70.3 Å². The van der Waals surface area contributed by atoms with E-state index in [0.717, 1.165) is 12.8 Å². The summed E-state index contributed by atoms with van der Waals surface area (Å²) in [5.74, 6) is 1.24. The summed E-state index contributed by atoms with van der Waals surface area (Å²) in [5.41, 5.74) is 6.13. The fraction of sp³-hybridized carbons (Fsp3) is 0.636. The van der Waals surface area contributed by atoms with Gasteiger partial charge in [-0.1, -0.05) is 20.3 Å². The van der Waals surface area contributed by atoms with Gasteiger partial charge in [-0.2, -0.15) is 9.97 Å². The standard InChI is InChI=1S/C11H19N3O2/c1-4-5-8(2)6-16-11-9(12)10(15-3)13-7-14-11/h7-8H,4-6,12H2,1-3H3. The zero-order chi connectivity index (χ0) is 12.0. The average Bonchev–Trinajstić information content (AvgIpc) is 2.28. The number of anilines is 1. The van der Waals surface area contributed by atoms with Gasteiger partial charge in [0.05, 0.1) is 13.7 Å². The Morgan fingerprint density at radius 1 is 1.38 bits per heavy atom. The summed E-state index contributed by atoms with van der Waals surface area (Å²) in [6.07, 6.45) is 3.66. The van der Waals surface area contributed by atoms with Crippen molar-refractivity contribution in [2.24, 2.45) is 5.92 Å².